The number of nitrogens with zero attached hydrogens (tertiary/aromatic N) is 2. The van der Waals surface area contributed by atoms with Gasteiger partial charge in [-0.1, -0.05) is 44.2 Å². The first-order chi connectivity index (χ1) is 13.4. The summed E-state index contributed by atoms with van der Waals surface area (Å²) in [5.41, 5.74) is 5.04. The number of amides is 1. The summed E-state index contributed by atoms with van der Waals surface area (Å²) in [5.74, 6) is 0.429. The minimum atomic E-state index is -0.0699. The third kappa shape index (κ3) is 4.51. The second-order valence-corrected chi connectivity index (χ2v) is 8.35. The first kappa shape index (κ1) is 20.3. The van der Waals surface area contributed by atoms with Gasteiger partial charge in [-0.15, -0.1) is 11.3 Å². The molecule has 2 heterocycles. The summed E-state index contributed by atoms with van der Waals surface area (Å²) in [5, 5.41) is 12.8. The van der Waals surface area contributed by atoms with Gasteiger partial charge in [-0.05, 0) is 42.3 Å². The second-order valence-electron chi connectivity index (χ2n) is 7.37. The Kier molecular flexibility index (Phi) is 6.31. The normalized spacial score (nSPS) is 12.4. The number of hydrogen-bond donors (Lipinski definition) is 2. The average molecular weight is 397 g/mol. The number of aryl methyl sites for hydroxylation is 2. The van der Waals surface area contributed by atoms with Gasteiger partial charge in [-0.25, -0.2) is 0 Å². The van der Waals surface area contributed by atoms with Crippen LogP contribution in [0.5, 0.6) is 0 Å². The molecule has 1 atom stereocenters. The molecule has 1 aromatic carbocycles. The van der Waals surface area contributed by atoms with E-state index in [4.69, 9.17) is 0 Å². The Morgan fingerprint density at radius 3 is 2.36 bits per heavy atom. The maximum absolute atomic E-state index is 12.6. The van der Waals surface area contributed by atoms with Crippen LogP contribution in [-0.4, -0.2) is 22.2 Å². The smallest absolute Gasteiger partial charge is 0.238 e. The predicted octanol–water partition coefficient (Wildman–Crippen LogP) is 4.54. The predicted molar refractivity (Wildman–Crippen MR) is 116 cm³/mol. The van der Waals surface area contributed by atoms with E-state index in [2.05, 4.69) is 65.3 Å². The lowest BCUT2D eigenvalue weighted by atomic mass is 9.98. The Morgan fingerprint density at radius 2 is 1.82 bits per heavy atom. The number of carbonyl (C=O) groups is 1. The molecule has 0 aliphatic carbocycles. The van der Waals surface area contributed by atoms with Crippen LogP contribution in [0, 0.1) is 13.8 Å². The molecule has 0 aliphatic heterocycles. The zero-order valence-electron chi connectivity index (χ0n) is 17.1. The number of hydrogen-bond acceptors (Lipinski definition) is 4. The molecule has 0 bridgehead atoms. The van der Waals surface area contributed by atoms with E-state index in [1.54, 1.807) is 16.0 Å². The molecule has 1 amide bonds. The maximum atomic E-state index is 12.6. The van der Waals surface area contributed by atoms with E-state index in [0.29, 0.717) is 5.92 Å². The quantitative estimate of drug-likeness (QED) is 0.616. The summed E-state index contributed by atoms with van der Waals surface area (Å²) in [7, 11) is 1.88. The molecule has 0 unspecified atom stereocenters. The van der Waals surface area contributed by atoms with E-state index >= 15 is 0 Å². The van der Waals surface area contributed by atoms with Gasteiger partial charge in [0.1, 0.15) is 0 Å². The summed E-state index contributed by atoms with van der Waals surface area (Å²) < 4.78 is 1.78. The highest BCUT2D eigenvalue weighted by molar-refractivity contribution is 7.10. The van der Waals surface area contributed by atoms with Crippen molar-refractivity contribution in [1.82, 2.24) is 15.1 Å². The van der Waals surface area contributed by atoms with Crippen molar-refractivity contribution in [2.24, 2.45) is 7.05 Å². The van der Waals surface area contributed by atoms with Gasteiger partial charge in [0.05, 0.1) is 29.7 Å². The van der Waals surface area contributed by atoms with Gasteiger partial charge in [0.25, 0.3) is 0 Å². The highest BCUT2D eigenvalue weighted by Crippen LogP contribution is 2.27. The van der Waals surface area contributed by atoms with E-state index in [0.717, 1.165) is 22.6 Å². The Hall–Kier alpha value is -2.44. The number of thiophene rings is 1. The molecule has 5 nitrogen and oxygen atoms in total. The third-order valence-corrected chi connectivity index (χ3v) is 5.94. The van der Waals surface area contributed by atoms with Crippen molar-refractivity contribution in [3.05, 3.63) is 69.2 Å². The van der Waals surface area contributed by atoms with Crippen molar-refractivity contribution in [3.8, 4) is 0 Å². The minimum Gasteiger partial charge on any atom is -0.322 e. The molecule has 0 saturated carbocycles. The van der Waals surface area contributed by atoms with Crippen molar-refractivity contribution < 1.29 is 4.79 Å². The first-order valence-electron chi connectivity index (χ1n) is 9.53. The number of benzene rings is 1. The fourth-order valence-corrected chi connectivity index (χ4v) is 4.07. The van der Waals surface area contributed by atoms with E-state index in [-0.39, 0.29) is 18.5 Å². The summed E-state index contributed by atoms with van der Waals surface area (Å²) in [6.45, 7) is 8.46. The third-order valence-electron chi connectivity index (χ3n) is 5.00. The minimum absolute atomic E-state index is 0.0111. The van der Waals surface area contributed by atoms with Crippen molar-refractivity contribution in [3.63, 3.8) is 0 Å². The van der Waals surface area contributed by atoms with E-state index in [1.165, 1.54) is 10.4 Å². The van der Waals surface area contributed by atoms with Crippen LogP contribution in [0.3, 0.4) is 0 Å². The van der Waals surface area contributed by atoms with Crippen molar-refractivity contribution in [2.75, 3.05) is 11.9 Å². The highest BCUT2D eigenvalue weighted by Gasteiger charge is 2.18. The molecule has 0 spiro atoms. The number of rotatable bonds is 7. The van der Waals surface area contributed by atoms with Crippen molar-refractivity contribution in [2.45, 2.75) is 39.7 Å². The summed E-state index contributed by atoms with van der Waals surface area (Å²) in [6, 6.07) is 12.8. The van der Waals surface area contributed by atoms with E-state index < -0.39 is 0 Å². The number of anilines is 1. The van der Waals surface area contributed by atoms with Gasteiger partial charge in [0.15, 0.2) is 0 Å². The number of carbonyl (C=O) groups excluding carboxylic acids is 1. The topological polar surface area (TPSA) is 59.0 Å². The molecule has 3 aromatic rings. The van der Waals surface area contributed by atoms with Crippen LogP contribution in [0.4, 0.5) is 5.69 Å². The zero-order valence-corrected chi connectivity index (χ0v) is 17.9. The SMILES string of the molecule is Cc1nn(C)c(C)c1NC(=O)CN[C@H](c1ccc(C(C)C)cc1)c1cccs1. The fourth-order valence-electron chi connectivity index (χ4n) is 3.24. The fraction of sp³-hybridized carbons (Fsp3) is 0.364. The van der Waals surface area contributed by atoms with E-state index in [1.807, 2.05) is 27.0 Å². The monoisotopic (exact) mass is 396 g/mol. The Balaban J connectivity index is 1.73. The Morgan fingerprint density at radius 1 is 1.14 bits per heavy atom. The van der Waals surface area contributed by atoms with Crippen molar-refractivity contribution in [1.29, 1.82) is 0 Å². The van der Waals surface area contributed by atoms with Gasteiger partial charge >= 0.3 is 0 Å². The molecule has 0 aliphatic rings. The molecular weight excluding hydrogens is 368 g/mol. The standard InChI is InChI=1S/C22H28N4OS/c1-14(2)17-8-10-18(11-9-17)22(19-7-6-12-28-19)23-13-20(27)24-21-15(3)25-26(5)16(21)4/h6-12,14,22-23H,13H2,1-5H3,(H,24,27)/t22-/m1/s1. The number of aromatic nitrogens is 2. The molecule has 2 N–H and O–H groups in total. The molecule has 28 heavy (non-hydrogen) atoms. The molecule has 6 heteroatoms. The van der Waals surface area contributed by atoms with Crippen LogP contribution in [0.2, 0.25) is 0 Å². The van der Waals surface area contributed by atoms with Crippen LogP contribution in [0.25, 0.3) is 0 Å². The van der Waals surface area contributed by atoms with Gasteiger partial charge in [0, 0.05) is 11.9 Å². The van der Waals surface area contributed by atoms with Crippen LogP contribution in [-0.2, 0) is 11.8 Å². The van der Waals surface area contributed by atoms with Crippen LogP contribution in [0.1, 0.15) is 53.2 Å². The molecular formula is C22H28N4OS. The molecule has 2 aromatic heterocycles. The van der Waals surface area contributed by atoms with E-state index in [9.17, 15) is 4.79 Å². The molecule has 3 rings (SSSR count). The van der Waals surface area contributed by atoms with Crippen LogP contribution in [0.15, 0.2) is 41.8 Å². The van der Waals surface area contributed by atoms with Gasteiger partial charge in [-0.2, -0.15) is 5.10 Å². The Bertz CT molecular complexity index is 926. The molecule has 0 saturated heterocycles. The van der Waals surface area contributed by atoms with Gasteiger partial charge in [-0.3, -0.25) is 14.8 Å². The van der Waals surface area contributed by atoms with Gasteiger partial charge in [0.2, 0.25) is 5.91 Å². The molecule has 148 valence electrons. The summed E-state index contributed by atoms with van der Waals surface area (Å²) in [4.78, 5) is 13.8. The number of nitrogens with one attached hydrogen (secondary N) is 2. The zero-order chi connectivity index (χ0) is 20.3. The van der Waals surface area contributed by atoms with Crippen LogP contribution >= 0.6 is 11.3 Å². The first-order valence-corrected chi connectivity index (χ1v) is 10.4. The summed E-state index contributed by atoms with van der Waals surface area (Å²) >= 11 is 1.69. The van der Waals surface area contributed by atoms with Crippen molar-refractivity contribution >= 4 is 22.9 Å². The Labute approximate surface area is 170 Å². The maximum Gasteiger partial charge on any atom is 0.238 e. The van der Waals surface area contributed by atoms with Crippen LogP contribution < -0.4 is 10.6 Å². The lowest BCUT2D eigenvalue weighted by molar-refractivity contribution is -0.115. The van der Waals surface area contributed by atoms with Gasteiger partial charge < -0.3 is 5.32 Å². The molecule has 0 radical (unpaired) electrons. The summed E-state index contributed by atoms with van der Waals surface area (Å²) in [6.07, 6.45) is 0. The highest BCUT2D eigenvalue weighted by atomic mass is 32.1. The second kappa shape index (κ2) is 8.71. The largest absolute Gasteiger partial charge is 0.322 e. The average Bonchev–Trinajstić information content (AvgIpc) is 3.27. The lowest BCUT2D eigenvalue weighted by Gasteiger charge is -2.19. The lowest BCUT2D eigenvalue weighted by Crippen LogP contribution is -2.31. The molecule has 0 fully saturated rings.